The molecule has 3 rings (SSSR count). The Balaban J connectivity index is 1.54. The molecule has 9 nitrogen and oxygen atoms in total. The molecule has 1 atom stereocenters. The molecule has 1 unspecified atom stereocenters. The normalized spacial score (nSPS) is 16.5. The number of hydrogen-bond donors (Lipinski definition) is 1. The van der Waals surface area contributed by atoms with Gasteiger partial charge in [0.15, 0.2) is 11.1 Å². The van der Waals surface area contributed by atoms with Crippen molar-refractivity contribution in [1.82, 2.24) is 13.9 Å². The van der Waals surface area contributed by atoms with Gasteiger partial charge in [-0.15, -0.1) is 0 Å². The topological polar surface area (TPSA) is 111 Å². The second-order valence-corrected chi connectivity index (χ2v) is 9.90. The van der Waals surface area contributed by atoms with Gasteiger partial charge in [-0.05, 0) is 44.9 Å². The number of aromatic nitrogens is 2. The van der Waals surface area contributed by atoms with Crippen LogP contribution < -0.4 is 5.32 Å². The lowest BCUT2D eigenvalue weighted by molar-refractivity contribution is -0.158. The van der Waals surface area contributed by atoms with E-state index in [4.69, 9.17) is 16.3 Å². The number of carbonyl (C=O) groups is 2. The first-order valence-corrected chi connectivity index (χ1v) is 11.8. The van der Waals surface area contributed by atoms with E-state index in [0.717, 1.165) is 12.1 Å². The summed E-state index contributed by atoms with van der Waals surface area (Å²) in [6, 6.07) is 3.51. The molecule has 1 amide bonds. The van der Waals surface area contributed by atoms with Crippen molar-refractivity contribution in [2.45, 2.75) is 37.8 Å². The van der Waals surface area contributed by atoms with Gasteiger partial charge in [-0.2, -0.15) is 4.31 Å². The van der Waals surface area contributed by atoms with Gasteiger partial charge in [0.05, 0.1) is 16.6 Å². The number of carbonyl (C=O) groups excluding carboxylic acids is 2. The van der Waals surface area contributed by atoms with Crippen LogP contribution in [0.25, 0.3) is 0 Å². The summed E-state index contributed by atoms with van der Waals surface area (Å²) in [7, 11) is -2.03. The number of ether oxygens (including phenoxy) is 1. The van der Waals surface area contributed by atoms with Crippen LogP contribution >= 0.6 is 11.6 Å². The molecular formula is C20H24ClFN4O5S. The van der Waals surface area contributed by atoms with Crippen molar-refractivity contribution in [2.75, 3.05) is 18.4 Å². The third kappa shape index (κ3) is 5.28. The van der Waals surface area contributed by atoms with E-state index in [9.17, 15) is 22.4 Å². The average molecular weight is 487 g/mol. The molecule has 1 saturated heterocycles. The van der Waals surface area contributed by atoms with Crippen molar-refractivity contribution < 1.29 is 27.1 Å². The largest absolute Gasteiger partial charge is 0.452 e. The number of imidazole rings is 1. The van der Waals surface area contributed by atoms with Gasteiger partial charge in [-0.3, -0.25) is 9.59 Å². The van der Waals surface area contributed by atoms with Crippen LogP contribution in [0, 0.1) is 18.7 Å². The highest BCUT2D eigenvalue weighted by Crippen LogP contribution is 2.25. The quantitative estimate of drug-likeness (QED) is 0.628. The van der Waals surface area contributed by atoms with E-state index >= 15 is 0 Å². The predicted octanol–water partition coefficient (Wildman–Crippen LogP) is 2.49. The highest BCUT2D eigenvalue weighted by atomic mass is 35.5. The van der Waals surface area contributed by atoms with E-state index in [-0.39, 0.29) is 41.7 Å². The van der Waals surface area contributed by atoms with Gasteiger partial charge in [0, 0.05) is 26.3 Å². The molecule has 1 aliphatic rings. The summed E-state index contributed by atoms with van der Waals surface area (Å²) < 4.78 is 46.8. The third-order valence-corrected chi connectivity index (χ3v) is 7.41. The van der Waals surface area contributed by atoms with Gasteiger partial charge >= 0.3 is 5.97 Å². The molecule has 2 heterocycles. The van der Waals surface area contributed by atoms with E-state index in [2.05, 4.69) is 10.3 Å². The Morgan fingerprint density at radius 1 is 1.31 bits per heavy atom. The summed E-state index contributed by atoms with van der Waals surface area (Å²) in [5, 5.41) is 2.48. The van der Waals surface area contributed by atoms with Crippen LogP contribution in [0.5, 0.6) is 0 Å². The van der Waals surface area contributed by atoms with E-state index in [1.807, 2.05) is 0 Å². The highest BCUT2D eigenvalue weighted by molar-refractivity contribution is 7.89. The second-order valence-electron chi connectivity index (χ2n) is 7.61. The Labute approximate surface area is 190 Å². The van der Waals surface area contributed by atoms with Crippen LogP contribution in [0.4, 0.5) is 10.1 Å². The number of halogens is 2. The number of piperidine rings is 1. The minimum atomic E-state index is -3.75. The predicted molar refractivity (Wildman–Crippen MR) is 115 cm³/mol. The average Bonchev–Trinajstić information content (AvgIpc) is 3.09. The fourth-order valence-electron chi connectivity index (χ4n) is 3.26. The van der Waals surface area contributed by atoms with Crippen molar-refractivity contribution in [2.24, 2.45) is 13.0 Å². The summed E-state index contributed by atoms with van der Waals surface area (Å²) in [4.78, 5) is 28.9. The Bertz CT molecular complexity index is 1110. The molecule has 32 heavy (non-hydrogen) atoms. The van der Waals surface area contributed by atoms with Gasteiger partial charge < -0.3 is 14.6 Å². The zero-order valence-electron chi connectivity index (χ0n) is 17.8. The lowest BCUT2D eigenvalue weighted by atomic mass is 9.98. The number of hydrogen-bond acceptors (Lipinski definition) is 6. The fraction of sp³-hybridized carbons (Fsp3) is 0.450. The van der Waals surface area contributed by atoms with Gasteiger partial charge in [0.2, 0.25) is 0 Å². The number of benzene rings is 1. The molecular weight excluding hydrogens is 463 g/mol. The molecule has 0 saturated carbocycles. The Morgan fingerprint density at radius 3 is 2.53 bits per heavy atom. The lowest BCUT2D eigenvalue weighted by Crippen LogP contribution is -2.41. The van der Waals surface area contributed by atoms with Crippen LogP contribution in [-0.4, -0.2) is 53.3 Å². The highest BCUT2D eigenvalue weighted by Gasteiger charge is 2.35. The van der Waals surface area contributed by atoms with E-state index in [0.29, 0.717) is 5.82 Å². The molecule has 0 aliphatic carbocycles. The minimum absolute atomic E-state index is 0.0218. The number of nitrogens with one attached hydrogen (secondary N) is 1. The maximum atomic E-state index is 13.1. The Kier molecular flexibility index (Phi) is 7.21. The summed E-state index contributed by atoms with van der Waals surface area (Å²) >= 11 is 5.89. The zero-order chi connectivity index (χ0) is 23.6. The third-order valence-electron chi connectivity index (χ3n) is 5.33. The molecule has 1 aromatic carbocycles. The Hall–Kier alpha value is -2.50. The first-order chi connectivity index (χ1) is 15.0. The van der Waals surface area contributed by atoms with Crippen LogP contribution in [0.3, 0.4) is 0 Å². The summed E-state index contributed by atoms with van der Waals surface area (Å²) in [5.41, 5.74) is 0.198. The molecule has 1 aliphatic heterocycles. The lowest BCUT2D eigenvalue weighted by Gasteiger charge is -2.30. The maximum Gasteiger partial charge on any atom is 0.309 e. The van der Waals surface area contributed by atoms with Gasteiger partial charge in [-0.1, -0.05) is 11.6 Å². The smallest absolute Gasteiger partial charge is 0.309 e. The van der Waals surface area contributed by atoms with Gasteiger partial charge in [-0.25, -0.2) is 17.8 Å². The van der Waals surface area contributed by atoms with Crippen LogP contribution in [-0.2, 0) is 31.4 Å². The van der Waals surface area contributed by atoms with Crippen molar-refractivity contribution in [1.29, 1.82) is 0 Å². The summed E-state index contributed by atoms with van der Waals surface area (Å²) in [5.74, 6) is -1.69. The molecule has 1 aromatic heterocycles. The number of aryl methyl sites for hydroxylation is 2. The number of esters is 1. The van der Waals surface area contributed by atoms with E-state index in [1.54, 1.807) is 18.5 Å². The van der Waals surface area contributed by atoms with Crippen molar-refractivity contribution in [3.05, 3.63) is 41.1 Å². The number of nitrogens with zero attached hydrogens (tertiary/aromatic N) is 3. The second kappa shape index (κ2) is 9.55. The molecule has 1 N–H and O–H groups in total. The molecule has 0 spiro atoms. The monoisotopic (exact) mass is 486 g/mol. The minimum Gasteiger partial charge on any atom is -0.452 e. The van der Waals surface area contributed by atoms with E-state index in [1.165, 1.54) is 23.5 Å². The number of rotatable bonds is 6. The van der Waals surface area contributed by atoms with E-state index < -0.39 is 39.7 Å². The van der Waals surface area contributed by atoms with Crippen LogP contribution in [0.1, 0.15) is 25.6 Å². The molecule has 12 heteroatoms. The molecule has 2 aromatic rings. The zero-order valence-corrected chi connectivity index (χ0v) is 19.4. The summed E-state index contributed by atoms with van der Waals surface area (Å²) in [6.07, 6.45) is 0.879. The molecule has 174 valence electrons. The number of anilines is 1. The number of sulfonamides is 1. The van der Waals surface area contributed by atoms with Crippen LogP contribution in [0.2, 0.25) is 5.02 Å². The van der Waals surface area contributed by atoms with Crippen molar-refractivity contribution in [3.8, 4) is 0 Å². The Morgan fingerprint density at radius 2 is 1.97 bits per heavy atom. The van der Waals surface area contributed by atoms with Crippen molar-refractivity contribution >= 4 is 39.2 Å². The SMILES string of the molecule is Cc1nc(S(=O)(=O)N2CCC(C(=O)OC(C)C(=O)Nc3ccc(F)cc3Cl)CC2)cn1C. The standard InChI is InChI=1S/C20H24ClFN4O5S/c1-12(19(27)24-17-5-4-15(22)10-16(17)21)31-20(28)14-6-8-26(9-7-14)32(29,30)18-11-25(3)13(2)23-18/h4-5,10-12,14H,6-9H2,1-3H3,(H,24,27). The maximum absolute atomic E-state index is 13.1. The molecule has 1 fully saturated rings. The first kappa shape index (κ1) is 24.1. The van der Waals surface area contributed by atoms with Crippen molar-refractivity contribution in [3.63, 3.8) is 0 Å². The first-order valence-electron chi connectivity index (χ1n) is 9.95. The number of amides is 1. The van der Waals surface area contributed by atoms with Crippen LogP contribution in [0.15, 0.2) is 29.4 Å². The van der Waals surface area contributed by atoms with Gasteiger partial charge in [0.25, 0.3) is 15.9 Å². The van der Waals surface area contributed by atoms with Gasteiger partial charge in [0.1, 0.15) is 11.6 Å². The summed E-state index contributed by atoms with van der Waals surface area (Å²) in [6.45, 7) is 3.41. The fourth-order valence-corrected chi connectivity index (χ4v) is 4.97. The molecule has 0 bridgehead atoms. The molecule has 0 radical (unpaired) electrons.